The highest BCUT2D eigenvalue weighted by molar-refractivity contribution is 6.30. The summed E-state index contributed by atoms with van der Waals surface area (Å²) in [7, 11) is 0. The highest BCUT2D eigenvalue weighted by Crippen LogP contribution is 2.27. The zero-order valence-electron chi connectivity index (χ0n) is 18.0. The molecule has 0 fully saturated rings. The molecule has 4 rings (SSSR count). The lowest BCUT2D eigenvalue weighted by atomic mass is 10.1. The summed E-state index contributed by atoms with van der Waals surface area (Å²) in [6.07, 6.45) is 0. The molecule has 2 amide bonds. The van der Waals surface area contributed by atoms with E-state index in [9.17, 15) is 14.4 Å². The zero-order chi connectivity index (χ0) is 23.5. The first-order valence-corrected chi connectivity index (χ1v) is 10.7. The van der Waals surface area contributed by atoms with Crippen molar-refractivity contribution in [3.05, 3.63) is 88.2 Å². The number of halogens is 1. The fourth-order valence-electron chi connectivity index (χ4n) is 3.60. The molecule has 4 aromatic rings. The lowest BCUT2D eigenvalue weighted by Gasteiger charge is -2.19. The number of amides is 2. The van der Waals surface area contributed by atoms with E-state index in [-0.39, 0.29) is 17.5 Å². The van der Waals surface area contributed by atoms with Crippen LogP contribution in [0.2, 0.25) is 5.02 Å². The Labute approximate surface area is 195 Å². The third-order valence-corrected chi connectivity index (χ3v) is 5.42. The number of para-hydroxylation sites is 3. The van der Waals surface area contributed by atoms with Gasteiger partial charge in [-0.1, -0.05) is 41.9 Å². The second-order valence-electron chi connectivity index (χ2n) is 7.52. The minimum absolute atomic E-state index is 0.143. The molecule has 0 spiro atoms. The second kappa shape index (κ2) is 9.26. The highest BCUT2D eigenvalue weighted by atomic mass is 35.5. The molecule has 3 aromatic carbocycles. The van der Waals surface area contributed by atoms with Crippen molar-refractivity contribution in [1.29, 1.82) is 0 Å². The molecular formula is C25H21ClN4O3. The summed E-state index contributed by atoms with van der Waals surface area (Å²) in [6.45, 7) is 3.05. The highest BCUT2D eigenvalue weighted by Gasteiger charge is 2.23. The van der Waals surface area contributed by atoms with Crippen LogP contribution < -0.4 is 16.2 Å². The quantitative estimate of drug-likeness (QED) is 0.444. The maximum atomic E-state index is 13.7. The Balaban J connectivity index is 1.84. The molecule has 0 aliphatic carbocycles. The zero-order valence-corrected chi connectivity index (χ0v) is 18.8. The van der Waals surface area contributed by atoms with Gasteiger partial charge >= 0.3 is 0 Å². The average molecular weight is 461 g/mol. The fraction of sp³-hybridized carbons (Fsp3) is 0.120. The monoisotopic (exact) mass is 460 g/mol. The molecule has 0 radical (unpaired) electrons. The maximum absolute atomic E-state index is 13.7. The predicted octanol–water partition coefficient (Wildman–Crippen LogP) is 4.88. The van der Waals surface area contributed by atoms with Gasteiger partial charge in [-0.25, -0.2) is 4.98 Å². The van der Waals surface area contributed by atoms with E-state index in [0.29, 0.717) is 33.0 Å². The van der Waals surface area contributed by atoms with Crippen LogP contribution in [0.3, 0.4) is 0 Å². The lowest BCUT2D eigenvalue weighted by molar-refractivity contribution is -0.118. The minimum atomic E-state index is -0.840. The number of hydrogen-bond donors (Lipinski definition) is 2. The summed E-state index contributed by atoms with van der Waals surface area (Å²) in [4.78, 5) is 43.0. The first-order chi connectivity index (χ1) is 15.8. The van der Waals surface area contributed by atoms with Gasteiger partial charge in [0, 0.05) is 23.2 Å². The predicted molar refractivity (Wildman–Crippen MR) is 131 cm³/mol. The van der Waals surface area contributed by atoms with Gasteiger partial charge in [-0.05, 0) is 49.4 Å². The Bertz CT molecular complexity index is 1410. The van der Waals surface area contributed by atoms with Gasteiger partial charge in [-0.15, -0.1) is 0 Å². The summed E-state index contributed by atoms with van der Waals surface area (Å²) in [5.74, 6) is -0.629. The van der Waals surface area contributed by atoms with Gasteiger partial charge in [0.1, 0.15) is 11.7 Å². The van der Waals surface area contributed by atoms with Crippen molar-refractivity contribution in [3.63, 3.8) is 0 Å². The number of benzene rings is 3. The second-order valence-corrected chi connectivity index (χ2v) is 7.96. The molecule has 33 heavy (non-hydrogen) atoms. The molecule has 1 atom stereocenters. The van der Waals surface area contributed by atoms with Crippen LogP contribution in [0.25, 0.3) is 22.3 Å². The number of carbonyl (C=O) groups is 2. The van der Waals surface area contributed by atoms with Crippen LogP contribution in [0.1, 0.15) is 19.9 Å². The van der Waals surface area contributed by atoms with Crippen molar-refractivity contribution in [2.24, 2.45) is 0 Å². The number of hydrogen-bond acceptors (Lipinski definition) is 4. The molecule has 0 saturated heterocycles. The first kappa shape index (κ1) is 22.2. The van der Waals surface area contributed by atoms with Crippen LogP contribution in [-0.4, -0.2) is 21.4 Å². The van der Waals surface area contributed by atoms with Crippen molar-refractivity contribution >= 4 is 45.8 Å². The summed E-state index contributed by atoms with van der Waals surface area (Å²) >= 11 is 5.92. The summed E-state index contributed by atoms with van der Waals surface area (Å²) in [6, 6.07) is 20.0. The van der Waals surface area contributed by atoms with Gasteiger partial charge in [0.15, 0.2) is 0 Å². The van der Waals surface area contributed by atoms with Gasteiger partial charge in [-0.3, -0.25) is 19.0 Å². The minimum Gasteiger partial charge on any atom is -0.326 e. The number of nitrogens with one attached hydrogen (secondary N) is 2. The van der Waals surface area contributed by atoms with Gasteiger partial charge in [0.2, 0.25) is 11.8 Å². The van der Waals surface area contributed by atoms with Crippen molar-refractivity contribution < 1.29 is 9.59 Å². The van der Waals surface area contributed by atoms with Crippen LogP contribution in [0.15, 0.2) is 77.6 Å². The van der Waals surface area contributed by atoms with E-state index in [1.165, 1.54) is 11.5 Å². The molecule has 0 aliphatic heterocycles. The maximum Gasteiger partial charge on any atom is 0.278 e. The molecule has 2 N–H and O–H groups in total. The summed E-state index contributed by atoms with van der Waals surface area (Å²) in [5.41, 5.74) is 2.29. The molecule has 7 nitrogen and oxygen atoms in total. The lowest BCUT2D eigenvalue weighted by Crippen LogP contribution is -2.33. The standard InChI is InChI=1S/C25H21ClN4O3/c1-15(24(32)28-18-13-11-17(26)12-14-18)30-22-10-6-5-9-21(22)29-23(25(30)33)19-7-3-4-8-20(19)27-16(2)31/h3-15H,1-2H3,(H,27,31)(H,28,32). The molecule has 1 heterocycles. The van der Waals surface area contributed by atoms with Crippen LogP contribution in [0.5, 0.6) is 0 Å². The van der Waals surface area contributed by atoms with E-state index >= 15 is 0 Å². The van der Waals surface area contributed by atoms with Crippen LogP contribution in [0.4, 0.5) is 11.4 Å². The molecule has 166 valence electrons. The van der Waals surface area contributed by atoms with E-state index in [2.05, 4.69) is 15.6 Å². The third-order valence-electron chi connectivity index (χ3n) is 5.17. The largest absolute Gasteiger partial charge is 0.326 e. The number of anilines is 2. The number of carbonyl (C=O) groups excluding carboxylic acids is 2. The average Bonchev–Trinajstić information content (AvgIpc) is 2.80. The number of fused-ring (bicyclic) bond motifs is 1. The van der Waals surface area contributed by atoms with Crippen molar-refractivity contribution in [2.75, 3.05) is 10.6 Å². The van der Waals surface area contributed by atoms with Crippen LogP contribution in [-0.2, 0) is 9.59 Å². The van der Waals surface area contributed by atoms with Crippen molar-refractivity contribution in [2.45, 2.75) is 19.9 Å². The Morgan fingerprint density at radius 3 is 2.33 bits per heavy atom. The number of aromatic nitrogens is 2. The Hall–Kier alpha value is -3.97. The number of nitrogens with zero attached hydrogens (tertiary/aromatic N) is 2. The van der Waals surface area contributed by atoms with Crippen molar-refractivity contribution in [3.8, 4) is 11.3 Å². The Kier molecular flexibility index (Phi) is 6.24. The molecule has 1 aromatic heterocycles. The van der Waals surface area contributed by atoms with Gasteiger partial charge in [0.25, 0.3) is 5.56 Å². The summed E-state index contributed by atoms with van der Waals surface area (Å²) < 4.78 is 1.42. The van der Waals surface area contributed by atoms with E-state index in [0.717, 1.165) is 0 Å². The molecule has 0 bridgehead atoms. The molecule has 0 saturated carbocycles. The topological polar surface area (TPSA) is 93.1 Å². The van der Waals surface area contributed by atoms with Gasteiger partial charge < -0.3 is 10.6 Å². The summed E-state index contributed by atoms with van der Waals surface area (Å²) in [5, 5.41) is 6.12. The third kappa shape index (κ3) is 4.63. The van der Waals surface area contributed by atoms with Crippen molar-refractivity contribution in [1.82, 2.24) is 9.55 Å². The molecule has 0 aliphatic rings. The van der Waals surface area contributed by atoms with Crippen LogP contribution in [0, 0.1) is 0 Å². The SMILES string of the molecule is CC(=O)Nc1ccccc1-c1nc2ccccc2n(C(C)C(=O)Nc2ccc(Cl)cc2)c1=O. The van der Waals surface area contributed by atoms with E-state index in [1.807, 2.05) is 6.07 Å². The van der Waals surface area contributed by atoms with E-state index in [4.69, 9.17) is 11.6 Å². The number of rotatable bonds is 5. The first-order valence-electron chi connectivity index (χ1n) is 10.3. The van der Waals surface area contributed by atoms with E-state index in [1.54, 1.807) is 73.7 Å². The van der Waals surface area contributed by atoms with Crippen LogP contribution >= 0.6 is 11.6 Å². The normalized spacial score (nSPS) is 11.7. The fourth-order valence-corrected chi connectivity index (χ4v) is 3.73. The Morgan fingerprint density at radius 2 is 1.61 bits per heavy atom. The molecule has 1 unspecified atom stereocenters. The Morgan fingerprint density at radius 1 is 0.939 bits per heavy atom. The molecule has 8 heteroatoms. The van der Waals surface area contributed by atoms with E-state index < -0.39 is 11.6 Å². The van der Waals surface area contributed by atoms with Gasteiger partial charge in [0.05, 0.1) is 16.7 Å². The van der Waals surface area contributed by atoms with Gasteiger partial charge in [-0.2, -0.15) is 0 Å². The molecular weight excluding hydrogens is 440 g/mol. The smallest absolute Gasteiger partial charge is 0.278 e.